The van der Waals surface area contributed by atoms with E-state index in [1.165, 1.54) is 128 Å². The van der Waals surface area contributed by atoms with Gasteiger partial charge in [0.15, 0.2) is 12.6 Å². The van der Waals surface area contributed by atoms with Crippen molar-refractivity contribution in [2.24, 2.45) is 0 Å². The van der Waals surface area contributed by atoms with E-state index in [-0.39, 0.29) is 18.9 Å². The normalized spacial score (nSPS) is 26.8. The molecule has 14 nitrogen and oxygen atoms in total. The van der Waals surface area contributed by atoms with Crippen LogP contribution in [0.4, 0.5) is 0 Å². The molecule has 67 heavy (non-hydrogen) atoms. The largest absolute Gasteiger partial charge is 0.394 e. The highest BCUT2D eigenvalue weighted by Gasteiger charge is 2.51. The lowest BCUT2D eigenvalue weighted by atomic mass is 9.97. The Balaban J connectivity index is 1.75. The van der Waals surface area contributed by atoms with Crippen LogP contribution in [0.1, 0.15) is 200 Å². The maximum absolute atomic E-state index is 13.2. The molecule has 12 unspecified atom stereocenters. The number of amides is 1. The lowest BCUT2D eigenvalue weighted by molar-refractivity contribution is -0.359. The van der Waals surface area contributed by atoms with Gasteiger partial charge in [-0.2, -0.15) is 0 Å². The van der Waals surface area contributed by atoms with Gasteiger partial charge in [-0.3, -0.25) is 4.79 Å². The summed E-state index contributed by atoms with van der Waals surface area (Å²) in [5.41, 5.74) is 0. The number of hydrogen-bond donors (Lipinski definition) is 9. The van der Waals surface area contributed by atoms with Gasteiger partial charge in [0.25, 0.3) is 0 Å². The van der Waals surface area contributed by atoms with Gasteiger partial charge in [-0.1, -0.05) is 179 Å². The predicted octanol–water partition coefficient (Wildman–Crippen LogP) is 7.49. The Kier molecular flexibility index (Phi) is 36.5. The van der Waals surface area contributed by atoms with Gasteiger partial charge in [0.1, 0.15) is 48.8 Å². The minimum absolute atomic E-state index is 0.244. The van der Waals surface area contributed by atoms with Crippen LogP contribution < -0.4 is 5.32 Å². The minimum atomic E-state index is -1.79. The van der Waals surface area contributed by atoms with Crippen molar-refractivity contribution in [1.82, 2.24) is 5.32 Å². The fourth-order valence-corrected chi connectivity index (χ4v) is 8.67. The zero-order valence-electron chi connectivity index (χ0n) is 41.6. The summed E-state index contributed by atoms with van der Waals surface area (Å²) >= 11 is 0. The second-order valence-electron chi connectivity index (χ2n) is 19.0. The SMILES string of the molecule is CCCCCCC/C=C\C/C=C\CCCCCCCCCCCCCC(=O)NC(COC1OC(CO)C(OC2OC(CO)C(O)C(O)C2O)C(O)C1O)C(O)/C=C/CCCCCCCCCC. The first-order valence-corrected chi connectivity index (χ1v) is 26.7. The van der Waals surface area contributed by atoms with E-state index in [4.69, 9.17) is 18.9 Å². The summed E-state index contributed by atoms with van der Waals surface area (Å²) in [7, 11) is 0. The molecular formula is C53H97NO13. The van der Waals surface area contributed by atoms with Crippen molar-refractivity contribution >= 4 is 5.91 Å². The summed E-state index contributed by atoms with van der Waals surface area (Å²) < 4.78 is 22.7. The van der Waals surface area contributed by atoms with E-state index in [0.29, 0.717) is 6.42 Å². The van der Waals surface area contributed by atoms with Crippen molar-refractivity contribution in [3.05, 3.63) is 36.5 Å². The van der Waals surface area contributed by atoms with E-state index in [0.717, 1.165) is 44.9 Å². The van der Waals surface area contributed by atoms with Crippen molar-refractivity contribution < 1.29 is 64.6 Å². The van der Waals surface area contributed by atoms with E-state index in [9.17, 15) is 45.6 Å². The van der Waals surface area contributed by atoms with Gasteiger partial charge in [-0.05, 0) is 51.4 Å². The van der Waals surface area contributed by atoms with Crippen LogP contribution in [-0.2, 0) is 23.7 Å². The molecule has 14 heteroatoms. The molecule has 0 aromatic carbocycles. The molecule has 12 atom stereocenters. The second kappa shape index (κ2) is 39.9. The summed E-state index contributed by atoms with van der Waals surface area (Å²) in [5.74, 6) is -0.244. The van der Waals surface area contributed by atoms with Gasteiger partial charge in [-0.25, -0.2) is 0 Å². The molecule has 2 heterocycles. The highest BCUT2D eigenvalue weighted by Crippen LogP contribution is 2.30. The average Bonchev–Trinajstić information content (AvgIpc) is 3.32. The summed E-state index contributed by atoms with van der Waals surface area (Å²) in [6.07, 6.45) is 29.1. The summed E-state index contributed by atoms with van der Waals surface area (Å²) in [4.78, 5) is 13.2. The molecule has 1 amide bonds. The number of unbranched alkanes of at least 4 members (excludes halogenated alkanes) is 24. The van der Waals surface area contributed by atoms with Crippen LogP contribution in [0.5, 0.6) is 0 Å². The molecule has 2 aliphatic rings. The number of nitrogens with one attached hydrogen (secondary N) is 1. The molecule has 9 N–H and O–H groups in total. The lowest BCUT2D eigenvalue weighted by Gasteiger charge is -2.46. The zero-order chi connectivity index (χ0) is 48.9. The number of carbonyl (C=O) groups is 1. The van der Waals surface area contributed by atoms with Gasteiger partial charge in [-0.15, -0.1) is 0 Å². The van der Waals surface area contributed by atoms with Crippen LogP contribution in [0.15, 0.2) is 36.5 Å². The summed E-state index contributed by atoms with van der Waals surface area (Å²) in [6.45, 7) is 2.75. The van der Waals surface area contributed by atoms with E-state index in [1.807, 2.05) is 6.08 Å². The van der Waals surface area contributed by atoms with Crippen molar-refractivity contribution in [1.29, 1.82) is 0 Å². The third-order valence-electron chi connectivity index (χ3n) is 13.1. The van der Waals surface area contributed by atoms with Crippen molar-refractivity contribution in [3.8, 4) is 0 Å². The summed E-state index contributed by atoms with van der Waals surface area (Å²) in [5, 5.41) is 86.7. The number of carbonyl (C=O) groups excluding carboxylic acids is 1. The number of aliphatic hydroxyl groups excluding tert-OH is 8. The Morgan fingerprint density at radius 3 is 1.49 bits per heavy atom. The number of allylic oxidation sites excluding steroid dienone is 5. The molecule has 0 aromatic rings. The second-order valence-corrected chi connectivity index (χ2v) is 19.0. The van der Waals surface area contributed by atoms with Crippen LogP contribution in [-0.4, -0.2) is 140 Å². The molecule has 0 bridgehead atoms. The Labute approximate surface area is 404 Å². The first-order chi connectivity index (χ1) is 32.6. The first-order valence-electron chi connectivity index (χ1n) is 26.7. The highest BCUT2D eigenvalue weighted by molar-refractivity contribution is 5.76. The third kappa shape index (κ3) is 26.8. The molecule has 0 saturated carbocycles. The summed E-state index contributed by atoms with van der Waals surface area (Å²) in [6, 6.07) is -0.913. The highest BCUT2D eigenvalue weighted by atomic mass is 16.7. The number of ether oxygens (including phenoxy) is 4. The van der Waals surface area contributed by atoms with Gasteiger partial charge < -0.3 is 65.1 Å². The molecule has 2 fully saturated rings. The van der Waals surface area contributed by atoms with Crippen molar-refractivity contribution in [2.75, 3.05) is 19.8 Å². The maximum Gasteiger partial charge on any atom is 0.220 e. The van der Waals surface area contributed by atoms with Crippen LogP contribution in [0, 0.1) is 0 Å². The Hall–Kier alpha value is -1.79. The molecule has 2 aliphatic heterocycles. The van der Waals surface area contributed by atoms with Gasteiger partial charge in [0, 0.05) is 6.42 Å². The average molecular weight is 956 g/mol. The van der Waals surface area contributed by atoms with E-state index in [1.54, 1.807) is 6.08 Å². The standard InChI is InChI=1S/C53H97NO13/c1-3-5-7-9-11-13-15-16-17-18-19-20-21-22-23-24-25-26-27-29-31-33-35-37-45(58)54-41(42(57)36-34-32-30-28-14-12-10-8-6-4-2)40-64-52-50(63)48(61)51(44(39-56)66-52)67-53-49(62)47(60)46(59)43(38-55)65-53/h15-16,18-19,34,36,41-44,46-53,55-57,59-63H,3-14,17,20-33,35,37-40H2,1-2H3,(H,54,58)/b16-15-,19-18-,36-34+. The van der Waals surface area contributed by atoms with Crippen LogP contribution in [0.2, 0.25) is 0 Å². The van der Waals surface area contributed by atoms with E-state index >= 15 is 0 Å². The molecule has 0 aromatic heterocycles. The molecule has 392 valence electrons. The Morgan fingerprint density at radius 2 is 0.985 bits per heavy atom. The minimum Gasteiger partial charge on any atom is -0.394 e. The number of rotatable bonds is 41. The zero-order valence-corrected chi connectivity index (χ0v) is 41.6. The first kappa shape index (κ1) is 61.3. The quantitative estimate of drug-likeness (QED) is 0.0214. The Morgan fingerprint density at radius 1 is 0.537 bits per heavy atom. The number of hydrogen-bond acceptors (Lipinski definition) is 13. The molecule has 0 aliphatic carbocycles. The fraction of sp³-hybridized carbons (Fsp3) is 0.868. The van der Waals surface area contributed by atoms with Crippen molar-refractivity contribution in [2.45, 2.75) is 274 Å². The lowest BCUT2D eigenvalue weighted by Crippen LogP contribution is -2.65. The maximum atomic E-state index is 13.2. The van der Waals surface area contributed by atoms with Crippen molar-refractivity contribution in [3.63, 3.8) is 0 Å². The molecule has 0 spiro atoms. The molecule has 2 rings (SSSR count). The fourth-order valence-electron chi connectivity index (χ4n) is 8.67. The Bertz CT molecular complexity index is 1270. The van der Waals surface area contributed by atoms with Crippen LogP contribution >= 0.6 is 0 Å². The number of aliphatic hydroxyl groups is 8. The third-order valence-corrected chi connectivity index (χ3v) is 13.1. The van der Waals surface area contributed by atoms with Crippen LogP contribution in [0.25, 0.3) is 0 Å². The topological polar surface area (TPSA) is 228 Å². The monoisotopic (exact) mass is 956 g/mol. The molecule has 2 saturated heterocycles. The van der Waals surface area contributed by atoms with Gasteiger partial charge in [0.05, 0.1) is 32.0 Å². The van der Waals surface area contributed by atoms with E-state index in [2.05, 4.69) is 43.5 Å². The van der Waals surface area contributed by atoms with Gasteiger partial charge in [0.2, 0.25) is 5.91 Å². The predicted molar refractivity (Wildman–Crippen MR) is 263 cm³/mol. The van der Waals surface area contributed by atoms with Crippen LogP contribution in [0.3, 0.4) is 0 Å². The molecular weight excluding hydrogens is 859 g/mol. The van der Waals surface area contributed by atoms with E-state index < -0.39 is 86.8 Å². The molecule has 0 radical (unpaired) electrons. The smallest absolute Gasteiger partial charge is 0.220 e. The van der Waals surface area contributed by atoms with Gasteiger partial charge >= 0.3 is 0 Å².